The van der Waals surface area contributed by atoms with E-state index in [2.05, 4.69) is 10.0 Å². The summed E-state index contributed by atoms with van der Waals surface area (Å²) < 4.78 is 30.7. The Morgan fingerprint density at radius 2 is 1.67 bits per heavy atom. The third-order valence-electron chi connectivity index (χ3n) is 2.99. The lowest BCUT2D eigenvalue weighted by molar-refractivity contribution is -0.122. The second-order valence-corrected chi connectivity index (χ2v) is 7.26. The van der Waals surface area contributed by atoms with E-state index in [1.807, 2.05) is 0 Å². The van der Waals surface area contributed by atoms with Gasteiger partial charge in [-0.3, -0.25) is 9.52 Å². The summed E-state index contributed by atoms with van der Waals surface area (Å²) in [6, 6.07) is 13.3. The van der Waals surface area contributed by atoms with Gasteiger partial charge in [-0.2, -0.15) is 0 Å². The highest BCUT2D eigenvalue weighted by molar-refractivity contribution is 7.92. The number of para-hydroxylation sites is 3. The first-order valence-electron chi connectivity index (χ1n) is 7.05. The average molecular weight is 369 g/mol. The topological polar surface area (TPSA) is 84.5 Å². The van der Waals surface area contributed by atoms with Crippen molar-refractivity contribution in [2.45, 2.75) is 13.0 Å². The highest BCUT2D eigenvalue weighted by Gasteiger charge is 2.18. The minimum absolute atomic E-state index is 0.276. The zero-order valence-corrected chi connectivity index (χ0v) is 14.7. The number of sulfonamides is 1. The van der Waals surface area contributed by atoms with Crippen molar-refractivity contribution in [3.63, 3.8) is 0 Å². The minimum Gasteiger partial charge on any atom is -0.479 e. The third-order valence-corrected chi connectivity index (χ3v) is 3.89. The maximum Gasteiger partial charge on any atom is 0.265 e. The molecule has 0 saturated heterocycles. The maximum atomic E-state index is 12.3. The fraction of sp³-hybridized carbons (Fsp3) is 0.188. The highest BCUT2D eigenvalue weighted by Crippen LogP contribution is 2.25. The van der Waals surface area contributed by atoms with Gasteiger partial charge >= 0.3 is 0 Å². The number of carbonyl (C=O) groups is 1. The number of hydrogen-bond donors (Lipinski definition) is 2. The Bertz CT molecular complexity index is 839. The smallest absolute Gasteiger partial charge is 0.265 e. The van der Waals surface area contributed by atoms with E-state index in [4.69, 9.17) is 16.3 Å². The molecule has 0 aliphatic heterocycles. The lowest BCUT2D eigenvalue weighted by atomic mass is 10.2. The lowest BCUT2D eigenvalue weighted by Crippen LogP contribution is -2.30. The molecule has 0 heterocycles. The Balaban J connectivity index is 2.11. The first-order chi connectivity index (χ1) is 11.3. The summed E-state index contributed by atoms with van der Waals surface area (Å²) >= 11 is 6.00. The number of nitrogens with one attached hydrogen (secondary N) is 2. The second kappa shape index (κ2) is 7.55. The van der Waals surface area contributed by atoms with Gasteiger partial charge in [0.2, 0.25) is 10.0 Å². The Hall–Kier alpha value is -2.25. The van der Waals surface area contributed by atoms with Gasteiger partial charge in [0.05, 0.1) is 22.7 Å². The van der Waals surface area contributed by atoms with Crippen LogP contribution < -0.4 is 14.8 Å². The van der Waals surface area contributed by atoms with Crippen LogP contribution in [0.3, 0.4) is 0 Å². The van der Waals surface area contributed by atoms with Crippen molar-refractivity contribution < 1.29 is 17.9 Å². The summed E-state index contributed by atoms with van der Waals surface area (Å²) in [5.41, 5.74) is 0.612. The van der Waals surface area contributed by atoms with Crippen molar-refractivity contribution in [2.24, 2.45) is 0 Å². The number of amides is 1. The molecule has 0 radical (unpaired) electrons. The zero-order chi connectivity index (χ0) is 17.7. The van der Waals surface area contributed by atoms with Crippen LogP contribution in [0.1, 0.15) is 6.92 Å². The molecule has 0 aromatic heterocycles. The molecule has 2 rings (SSSR count). The zero-order valence-electron chi connectivity index (χ0n) is 13.1. The van der Waals surface area contributed by atoms with Crippen LogP contribution in [0.2, 0.25) is 5.02 Å². The molecule has 1 amide bonds. The molecule has 0 unspecified atom stereocenters. The molecule has 2 aromatic carbocycles. The first kappa shape index (κ1) is 18.1. The molecule has 0 aliphatic carbocycles. The predicted molar refractivity (Wildman–Crippen MR) is 95.1 cm³/mol. The van der Waals surface area contributed by atoms with Gasteiger partial charge in [-0.15, -0.1) is 0 Å². The largest absolute Gasteiger partial charge is 0.479 e. The van der Waals surface area contributed by atoms with Crippen LogP contribution in [-0.2, 0) is 14.8 Å². The van der Waals surface area contributed by atoms with Gasteiger partial charge in [0.15, 0.2) is 6.10 Å². The number of carbonyl (C=O) groups excluding carboxylic acids is 1. The Kier molecular flexibility index (Phi) is 5.69. The number of ether oxygens (including phenoxy) is 1. The van der Waals surface area contributed by atoms with Gasteiger partial charge in [0, 0.05) is 0 Å². The van der Waals surface area contributed by atoms with Crippen molar-refractivity contribution >= 4 is 38.9 Å². The molecule has 128 valence electrons. The molecule has 0 spiro atoms. The Morgan fingerprint density at radius 1 is 1.08 bits per heavy atom. The van der Waals surface area contributed by atoms with E-state index < -0.39 is 22.0 Å². The summed E-state index contributed by atoms with van der Waals surface area (Å²) in [5.74, 6) is -0.0398. The van der Waals surface area contributed by atoms with Gasteiger partial charge in [0.25, 0.3) is 5.91 Å². The van der Waals surface area contributed by atoms with Gasteiger partial charge in [-0.1, -0.05) is 35.9 Å². The summed E-state index contributed by atoms with van der Waals surface area (Å²) in [7, 11) is -3.46. The Labute approximate surface area is 145 Å². The van der Waals surface area contributed by atoms with Crippen LogP contribution >= 0.6 is 11.6 Å². The van der Waals surface area contributed by atoms with E-state index in [0.29, 0.717) is 16.5 Å². The summed E-state index contributed by atoms with van der Waals surface area (Å²) in [6.07, 6.45) is 0.213. The third kappa shape index (κ3) is 5.14. The summed E-state index contributed by atoms with van der Waals surface area (Å²) in [6.45, 7) is 1.57. The molecule has 8 heteroatoms. The number of benzene rings is 2. The van der Waals surface area contributed by atoms with Crippen LogP contribution in [0.4, 0.5) is 11.4 Å². The predicted octanol–water partition coefficient (Wildman–Crippen LogP) is 3.12. The van der Waals surface area contributed by atoms with Crippen molar-refractivity contribution in [1.82, 2.24) is 0 Å². The van der Waals surface area contributed by atoms with Crippen LogP contribution in [-0.4, -0.2) is 26.7 Å². The molecular weight excluding hydrogens is 352 g/mol. The molecule has 0 aliphatic rings. The minimum atomic E-state index is -3.46. The quantitative estimate of drug-likeness (QED) is 0.820. The molecule has 0 fully saturated rings. The van der Waals surface area contributed by atoms with Crippen LogP contribution in [0.25, 0.3) is 0 Å². The molecule has 1 atom stereocenters. The molecule has 24 heavy (non-hydrogen) atoms. The van der Waals surface area contributed by atoms with Crippen LogP contribution in [0, 0.1) is 0 Å². The van der Waals surface area contributed by atoms with E-state index in [-0.39, 0.29) is 5.69 Å². The second-order valence-electron chi connectivity index (χ2n) is 5.10. The number of hydrogen-bond acceptors (Lipinski definition) is 4. The number of rotatable bonds is 6. The van der Waals surface area contributed by atoms with Crippen molar-refractivity contribution in [3.8, 4) is 5.75 Å². The van der Waals surface area contributed by atoms with Crippen LogP contribution in [0.5, 0.6) is 5.75 Å². The molecule has 0 saturated carbocycles. The van der Waals surface area contributed by atoms with Crippen molar-refractivity contribution in [1.29, 1.82) is 0 Å². The molecular formula is C16H17ClN2O4S. The summed E-state index contributed by atoms with van der Waals surface area (Å²) in [4.78, 5) is 12.3. The molecule has 0 bridgehead atoms. The van der Waals surface area contributed by atoms with E-state index >= 15 is 0 Å². The van der Waals surface area contributed by atoms with Crippen molar-refractivity contribution in [2.75, 3.05) is 16.3 Å². The maximum absolute atomic E-state index is 12.3. The number of anilines is 2. The molecule has 2 aromatic rings. The average Bonchev–Trinajstić information content (AvgIpc) is 2.50. The molecule has 2 N–H and O–H groups in total. The van der Waals surface area contributed by atoms with Crippen LogP contribution in [0.15, 0.2) is 48.5 Å². The van der Waals surface area contributed by atoms with Crippen molar-refractivity contribution in [3.05, 3.63) is 53.6 Å². The normalized spacial score (nSPS) is 12.3. The van der Waals surface area contributed by atoms with E-state index in [9.17, 15) is 13.2 Å². The van der Waals surface area contributed by atoms with E-state index in [1.165, 1.54) is 0 Å². The SMILES string of the molecule is C[C@@H](Oc1ccccc1Cl)C(=O)Nc1ccccc1NS(C)(=O)=O. The fourth-order valence-corrected chi connectivity index (χ4v) is 2.66. The lowest BCUT2D eigenvalue weighted by Gasteiger charge is -2.17. The fourth-order valence-electron chi connectivity index (χ4n) is 1.90. The van der Waals surface area contributed by atoms with Gasteiger partial charge in [-0.05, 0) is 31.2 Å². The Morgan fingerprint density at radius 3 is 2.29 bits per heavy atom. The molecule has 6 nitrogen and oxygen atoms in total. The summed E-state index contributed by atoms with van der Waals surface area (Å²) in [5, 5.41) is 3.04. The standard InChI is InChI=1S/C16H17ClN2O4S/c1-11(23-15-10-6-3-7-12(15)17)16(20)18-13-8-4-5-9-14(13)19-24(2,21)22/h3-11,19H,1-2H3,(H,18,20)/t11-/m1/s1. The van der Waals surface area contributed by atoms with Gasteiger partial charge in [0.1, 0.15) is 5.75 Å². The highest BCUT2D eigenvalue weighted by atomic mass is 35.5. The van der Waals surface area contributed by atoms with Gasteiger partial charge < -0.3 is 10.1 Å². The van der Waals surface area contributed by atoms with E-state index in [1.54, 1.807) is 55.5 Å². The number of halogens is 1. The van der Waals surface area contributed by atoms with Gasteiger partial charge in [-0.25, -0.2) is 8.42 Å². The first-order valence-corrected chi connectivity index (χ1v) is 9.32. The van der Waals surface area contributed by atoms with E-state index in [0.717, 1.165) is 6.26 Å². The monoisotopic (exact) mass is 368 g/mol.